The molecule has 1 unspecified atom stereocenters. The van der Waals surface area contributed by atoms with Crippen LogP contribution in [0.2, 0.25) is 0 Å². The second kappa shape index (κ2) is 6.56. The van der Waals surface area contributed by atoms with Gasteiger partial charge >= 0.3 is 0 Å². The highest BCUT2D eigenvalue weighted by atomic mass is 32.2. The van der Waals surface area contributed by atoms with Crippen LogP contribution in [0.15, 0.2) is 23.1 Å². The van der Waals surface area contributed by atoms with Crippen LogP contribution in [0, 0.1) is 18.3 Å². The van der Waals surface area contributed by atoms with Gasteiger partial charge in [-0.25, -0.2) is 13.1 Å². The average molecular weight is 307 g/mol. The van der Waals surface area contributed by atoms with Crippen LogP contribution in [0.5, 0.6) is 0 Å². The van der Waals surface area contributed by atoms with Crippen molar-refractivity contribution in [2.45, 2.75) is 37.6 Å². The van der Waals surface area contributed by atoms with E-state index in [9.17, 15) is 8.42 Å². The molecular formula is C15H21N3O2S. The molecular weight excluding hydrogens is 286 g/mol. The summed E-state index contributed by atoms with van der Waals surface area (Å²) in [5, 5.41) is 8.92. The molecule has 0 amide bonds. The van der Waals surface area contributed by atoms with E-state index < -0.39 is 10.0 Å². The Labute approximate surface area is 126 Å². The molecule has 1 atom stereocenters. The molecule has 1 fully saturated rings. The Morgan fingerprint density at radius 1 is 1.38 bits per heavy atom. The Bertz CT molecular complexity index is 643. The molecule has 0 aliphatic carbocycles. The number of aryl methyl sites for hydroxylation is 1. The van der Waals surface area contributed by atoms with Gasteiger partial charge in [0.25, 0.3) is 0 Å². The van der Waals surface area contributed by atoms with Crippen molar-refractivity contribution in [3.63, 3.8) is 0 Å². The first-order chi connectivity index (χ1) is 9.92. The Morgan fingerprint density at radius 2 is 2.05 bits per heavy atom. The maximum atomic E-state index is 12.5. The maximum absolute atomic E-state index is 12.5. The Morgan fingerprint density at radius 3 is 2.67 bits per heavy atom. The molecule has 1 N–H and O–H groups in total. The number of sulfonamides is 1. The number of nitrogens with one attached hydrogen (secondary N) is 1. The molecule has 0 radical (unpaired) electrons. The molecule has 1 aromatic carbocycles. The molecule has 114 valence electrons. The summed E-state index contributed by atoms with van der Waals surface area (Å²) < 4.78 is 27.6. The number of hydrogen-bond donors (Lipinski definition) is 1. The molecule has 2 rings (SSSR count). The standard InChI is InChI=1S/C15H21N3O2S/c1-12-5-6-14(10-16)9-15(12)21(19,20)17-13(2)11-18-7-3-4-8-18/h5-6,9,13,17H,3-4,7-8,11H2,1-2H3. The molecule has 1 aliphatic rings. The molecule has 1 saturated heterocycles. The minimum atomic E-state index is -3.59. The first kappa shape index (κ1) is 16.0. The van der Waals surface area contributed by atoms with E-state index in [0.717, 1.165) is 19.6 Å². The van der Waals surface area contributed by atoms with Crippen LogP contribution in [0.25, 0.3) is 0 Å². The van der Waals surface area contributed by atoms with Crippen LogP contribution in [-0.2, 0) is 10.0 Å². The predicted octanol–water partition coefficient (Wildman–Crippen LogP) is 1.63. The molecule has 1 aromatic rings. The van der Waals surface area contributed by atoms with Gasteiger partial charge in [0.05, 0.1) is 16.5 Å². The molecule has 5 nitrogen and oxygen atoms in total. The van der Waals surface area contributed by atoms with Crippen molar-refractivity contribution in [1.82, 2.24) is 9.62 Å². The van der Waals surface area contributed by atoms with Crippen molar-refractivity contribution >= 4 is 10.0 Å². The fourth-order valence-corrected chi connectivity index (χ4v) is 4.18. The van der Waals surface area contributed by atoms with E-state index in [1.54, 1.807) is 19.1 Å². The fraction of sp³-hybridized carbons (Fsp3) is 0.533. The highest BCUT2D eigenvalue weighted by molar-refractivity contribution is 7.89. The van der Waals surface area contributed by atoms with Gasteiger partial charge in [-0.3, -0.25) is 0 Å². The number of likely N-dealkylation sites (tertiary alicyclic amines) is 1. The topological polar surface area (TPSA) is 73.2 Å². The van der Waals surface area contributed by atoms with Crippen LogP contribution in [0.1, 0.15) is 30.9 Å². The van der Waals surface area contributed by atoms with Gasteiger partial charge in [0.2, 0.25) is 10.0 Å². The van der Waals surface area contributed by atoms with Crippen LogP contribution >= 0.6 is 0 Å². The first-order valence-electron chi connectivity index (χ1n) is 7.18. The van der Waals surface area contributed by atoms with Crippen LogP contribution in [0.3, 0.4) is 0 Å². The summed E-state index contributed by atoms with van der Waals surface area (Å²) >= 11 is 0. The van der Waals surface area contributed by atoms with Gasteiger partial charge in [0.1, 0.15) is 0 Å². The van der Waals surface area contributed by atoms with E-state index in [0.29, 0.717) is 11.1 Å². The second-order valence-electron chi connectivity index (χ2n) is 5.62. The lowest BCUT2D eigenvalue weighted by Crippen LogP contribution is -2.41. The van der Waals surface area contributed by atoms with Gasteiger partial charge in [-0.15, -0.1) is 0 Å². The summed E-state index contributed by atoms with van der Waals surface area (Å²) in [6, 6.07) is 6.55. The minimum Gasteiger partial charge on any atom is -0.302 e. The first-order valence-corrected chi connectivity index (χ1v) is 8.66. The van der Waals surface area contributed by atoms with Gasteiger partial charge in [-0.2, -0.15) is 5.26 Å². The normalized spacial score (nSPS) is 17.6. The predicted molar refractivity (Wildman–Crippen MR) is 81.4 cm³/mol. The van der Waals surface area contributed by atoms with Crippen molar-refractivity contribution < 1.29 is 8.42 Å². The highest BCUT2D eigenvalue weighted by Crippen LogP contribution is 2.17. The molecule has 0 aromatic heterocycles. The Hall–Kier alpha value is -1.42. The lowest BCUT2D eigenvalue weighted by atomic mass is 10.2. The van der Waals surface area contributed by atoms with Gasteiger partial charge < -0.3 is 4.90 Å². The van der Waals surface area contributed by atoms with Gasteiger partial charge in [-0.05, 0) is 57.5 Å². The van der Waals surface area contributed by atoms with E-state index in [1.807, 2.05) is 13.0 Å². The zero-order valence-electron chi connectivity index (χ0n) is 12.5. The van der Waals surface area contributed by atoms with E-state index >= 15 is 0 Å². The lowest BCUT2D eigenvalue weighted by molar-refractivity contribution is 0.312. The van der Waals surface area contributed by atoms with E-state index in [2.05, 4.69) is 9.62 Å². The molecule has 6 heteroatoms. The molecule has 0 bridgehead atoms. The molecule has 0 saturated carbocycles. The average Bonchev–Trinajstić information content (AvgIpc) is 2.91. The molecule has 0 spiro atoms. The summed E-state index contributed by atoms with van der Waals surface area (Å²) in [5.74, 6) is 0. The van der Waals surface area contributed by atoms with Crippen molar-refractivity contribution in [3.8, 4) is 6.07 Å². The monoisotopic (exact) mass is 307 g/mol. The fourth-order valence-electron chi connectivity index (χ4n) is 2.68. The van der Waals surface area contributed by atoms with Crippen molar-refractivity contribution in [2.24, 2.45) is 0 Å². The molecule has 1 heterocycles. The molecule has 1 aliphatic heterocycles. The van der Waals surface area contributed by atoms with E-state index in [4.69, 9.17) is 5.26 Å². The number of hydrogen-bond acceptors (Lipinski definition) is 4. The summed E-state index contributed by atoms with van der Waals surface area (Å²) in [4.78, 5) is 2.46. The van der Waals surface area contributed by atoms with Gasteiger partial charge in [-0.1, -0.05) is 6.07 Å². The third-order valence-electron chi connectivity index (χ3n) is 3.69. The maximum Gasteiger partial charge on any atom is 0.241 e. The second-order valence-corrected chi connectivity index (χ2v) is 7.30. The zero-order chi connectivity index (χ0) is 15.5. The Kier molecular flexibility index (Phi) is 4.99. The molecule has 21 heavy (non-hydrogen) atoms. The van der Waals surface area contributed by atoms with Crippen molar-refractivity contribution in [1.29, 1.82) is 5.26 Å². The highest BCUT2D eigenvalue weighted by Gasteiger charge is 2.22. The van der Waals surface area contributed by atoms with Crippen molar-refractivity contribution in [2.75, 3.05) is 19.6 Å². The summed E-state index contributed by atoms with van der Waals surface area (Å²) in [6.45, 7) is 6.40. The zero-order valence-corrected chi connectivity index (χ0v) is 13.3. The Balaban J connectivity index is 2.12. The van der Waals surface area contributed by atoms with E-state index in [-0.39, 0.29) is 10.9 Å². The van der Waals surface area contributed by atoms with Gasteiger partial charge in [0.15, 0.2) is 0 Å². The van der Waals surface area contributed by atoms with Gasteiger partial charge in [0, 0.05) is 12.6 Å². The third kappa shape index (κ3) is 4.03. The SMILES string of the molecule is Cc1ccc(C#N)cc1S(=O)(=O)NC(C)CN1CCCC1. The largest absolute Gasteiger partial charge is 0.302 e. The summed E-state index contributed by atoms with van der Waals surface area (Å²) in [6.07, 6.45) is 2.37. The number of nitrogens with zero attached hydrogens (tertiary/aromatic N) is 2. The summed E-state index contributed by atoms with van der Waals surface area (Å²) in [5.41, 5.74) is 1.00. The third-order valence-corrected chi connectivity index (χ3v) is 5.43. The number of benzene rings is 1. The van der Waals surface area contributed by atoms with Crippen molar-refractivity contribution in [3.05, 3.63) is 29.3 Å². The smallest absolute Gasteiger partial charge is 0.241 e. The minimum absolute atomic E-state index is 0.154. The quantitative estimate of drug-likeness (QED) is 0.897. The summed E-state index contributed by atoms with van der Waals surface area (Å²) in [7, 11) is -3.59. The number of nitriles is 1. The number of rotatable bonds is 5. The van der Waals surface area contributed by atoms with Crippen LogP contribution in [0.4, 0.5) is 0 Å². The van der Waals surface area contributed by atoms with Crippen LogP contribution in [-0.4, -0.2) is 39.0 Å². The van der Waals surface area contributed by atoms with E-state index in [1.165, 1.54) is 18.9 Å². The lowest BCUT2D eigenvalue weighted by Gasteiger charge is -2.21. The van der Waals surface area contributed by atoms with Crippen LogP contribution < -0.4 is 4.72 Å².